The zero-order valence-electron chi connectivity index (χ0n) is 13.9. The highest BCUT2D eigenvalue weighted by Gasteiger charge is 2.52. The summed E-state index contributed by atoms with van der Waals surface area (Å²) >= 11 is 0. The number of amides is 2. The van der Waals surface area contributed by atoms with Gasteiger partial charge in [0.25, 0.3) is 0 Å². The zero-order valence-corrected chi connectivity index (χ0v) is 13.9. The highest BCUT2D eigenvalue weighted by Crippen LogP contribution is 2.48. The van der Waals surface area contributed by atoms with Crippen LogP contribution in [0, 0.1) is 29.6 Å². The molecule has 5 unspecified atom stereocenters. The number of carbonyl (C=O) groups is 3. The first-order valence-corrected chi connectivity index (χ1v) is 8.36. The van der Waals surface area contributed by atoms with E-state index in [4.69, 9.17) is 0 Å². The smallest absolute Gasteiger partial charge is 0.307 e. The van der Waals surface area contributed by atoms with Crippen LogP contribution in [0.25, 0.3) is 0 Å². The minimum absolute atomic E-state index is 0.0346. The van der Waals surface area contributed by atoms with Gasteiger partial charge < -0.3 is 15.7 Å². The van der Waals surface area contributed by atoms with Gasteiger partial charge in [0, 0.05) is 6.54 Å². The van der Waals surface area contributed by atoms with Crippen molar-refractivity contribution in [2.45, 2.75) is 39.7 Å². The first kappa shape index (κ1) is 17.5. The number of allylic oxidation sites excluding steroid dienone is 2. The summed E-state index contributed by atoms with van der Waals surface area (Å²) in [6, 6.07) is -0.633. The number of rotatable bonds is 7. The van der Waals surface area contributed by atoms with Crippen molar-refractivity contribution in [3.8, 4) is 0 Å². The molecule has 23 heavy (non-hydrogen) atoms. The van der Waals surface area contributed by atoms with Crippen LogP contribution in [-0.2, 0) is 14.4 Å². The number of aliphatic carboxylic acids is 1. The lowest BCUT2D eigenvalue weighted by Gasteiger charge is -2.28. The predicted octanol–water partition coefficient (Wildman–Crippen LogP) is 1.18. The van der Waals surface area contributed by atoms with Crippen LogP contribution in [0.1, 0.15) is 33.6 Å². The number of carboxylic acid groups (broad SMARTS) is 1. The van der Waals surface area contributed by atoms with E-state index in [1.54, 1.807) is 0 Å². The second-order valence-electron chi connectivity index (χ2n) is 6.86. The SMILES string of the molecule is CCCNC(=O)C(NC(=O)C1C2C=CC(C2)C1C(=O)O)C(C)C. The summed E-state index contributed by atoms with van der Waals surface area (Å²) in [5.41, 5.74) is 0. The molecule has 2 rings (SSSR count). The Balaban J connectivity index is 2.08. The Morgan fingerprint density at radius 3 is 2.30 bits per heavy atom. The van der Waals surface area contributed by atoms with Crippen molar-refractivity contribution in [2.75, 3.05) is 6.54 Å². The number of fused-ring (bicyclic) bond motifs is 2. The van der Waals surface area contributed by atoms with Gasteiger partial charge in [-0.3, -0.25) is 14.4 Å². The Labute approximate surface area is 136 Å². The van der Waals surface area contributed by atoms with Gasteiger partial charge in [-0.25, -0.2) is 0 Å². The van der Waals surface area contributed by atoms with Gasteiger partial charge >= 0.3 is 5.97 Å². The highest BCUT2D eigenvalue weighted by atomic mass is 16.4. The van der Waals surface area contributed by atoms with Gasteiger partial charge in [0.1, 0.15) is 6.04 Å². The van der Waals surface area contributed by atoms with E-state index in [0.29, 0.717) is 13.0 Å². The van der Waals surface area contributed by atoms with Crippen molar-refractivity contribution in [3.05, 3.63) is 12.2 Å². The van der Waals surface area contributed by atoms with E-state index in [1.807, 2.05) is 32.9 Å². The van der Waals surface area contributed by atoms with Crippen LogP contribution >= 0.6 is 0 Å². The third kappa shape index (κ3) is 3.57. The van der Waals surface area contributed by atoms with E-state index in [1.165, 1.54) is 0 Å². The Kier molecular flexibility index (Phi) is 5.44. The first-order valence-electron chi connectivity index (χ1n) is 8.36. The maximum atomic E-state index is 12.7. The molecule has 0 spiro atoms. The number of carbonyl (C=O) groups excluding carboxylic acids is 2. The predicted molar refractivity (Wildman–Crippen MR) is 85.4 cm³/mol. The maximum Gasteiger partial charge on any atom is 0.307 e. The zero-order chi connectivity index (χ0) is 17.1. The summed E-state index contributed by atoms with van der Waals surface area (Å²) in [4.78, 5) is 36.4. The average molecular weight is 322 g/mol. The van der Waals surface area contributed by atoms with E-state index < -0.39 is 23.8 Å². The quantitative estimate of drug-likeness (QED) is 0.613. The van der Waals surface area contributed by atoms with E-state index >= 15 is 0 Å². The van der Waals surface area contributed by atoms with E-state index in [2.05, 4.69) is 10.6 Å². The molecule has 2 bridgehead atoms. The van der Waals surface area contributed by atoms with Gasteiger partial charge in [0.15, 0.2) is 0 Å². The average Bonchev–Trinajstić information content (AvgIpc) is 3.10. The summed E-state index contributed by atoms with van der Waals surface area (Å²) < 4.78 is 0. The molecule has 0 aromatic heterocycles. The molecule has 2 aliphatic rings. The van der Waals surface area contributed by atoms with Crippen molar-refractivity contribution < 1.29 is 19.5 Å². The molecule has 1 saturated carbocycles. The molecule has 6 nitrogen and oxygen atoms in total. The van der Waals surface area contributed by atoms with E-state index in [0.717, 1.165) is 6.42 Å². The highest BCUT2D eigenvalue weighted by molar-refractivity contribution is 5.91. The molecule has 0 heterocycles. The molecule has 128 valence electrons. The molecule has 0 aromatic carbocycles. The van der Waals surface area contributed by atoms with Crippen molar-refractivity contribution in [2.24, 2.45) is 29.6 Å². The third-order valence-corrected chi connectivity index (χ3v) is 4.84. The summed E-state index contributed by atoms with van der Waals surface area (Å²) in [6.07, 6.45) is 5.38. The van der Waals surface area contributed by atoms with Crippen LogP contribution in [0.5, 0.6) is 0 Å². The van der Waals surface area contributed by atoms with Crippen molar-refractivity contribution >= 4 is 17.8 Å². The van der Waals surface area contributed by atoms with Gasteiger partial charge in [-0.05, 0) is 30.6 Å². The summed E-state index contributed by atoms with van der Waals surface area (Å²) in [5.74, 6) is -2.89. The van der Waals surface area contributed by atoms with Crippen LogP contribution in [0.15, 0.2) is 12.2 Å². The van der Waals surface area contributed by atoms with Crippen LogP contribution in [0.4, 0.5) is 0 Å². The fourth-order valence-corrected chi connectivity index (χ4v) is 3.66. The number of nitrogens with one attached hydrogen (secondary N) is 2. The maximum absolute atomic E-state index is 12.7. The van der Waals surface area contributed by atoms with Gasteiger partial charge in [-0.2, -0.15) is 0 Å². The molecular formula is C17H26N2O4. The van der Waals surface area contributed by atoms with Gasteiger partial charge in [0.2, 0.25) is 11.8 Å². The molecule has 2 amide bonds. The molecule has 2 aliphatic carbocycles. The Bertz CT molecular complexity index is 515. The molecule has 0 aliphatic heterocycles. The monoisotopic (exact) mass is 322 g/mol. The number of hydrogen-bond acceptors (Lipinski definition) is 3. The molecule has 0 radical (unpaired) electrons. The molecule has 5 atom stereocenters. The molecular weight excluding hydrogens is 296 g/mol. The van der Waals surface area contributed by atoms with E-state index in [-0.39, 0.29) is 29.6 Å². The molecule has 1 fully saturated rings. The Morgan fingerprint density at radius 2 is 1.78 bits per heavy atom. The second-order valence-corrected chi connectivity index (χ2v) is 6.86. The van der Waals surface area contributed by atoms with E-state index in [9.17, 15) is 19.5 Å². The summed E-state index contributed by atoms with van der Waals surface area (Å²) in [5, 5.41) is 15.0. The lowest BCUT2D eigenvalue weighted by atomic mass is 9.82. The van der Waals surface area contributed by atoms with Crippen molar-refractivity contribution in [3.63, 3.8) is 0 Å². The fraction of sp³-hybridized carbons (Fsp3) is 0.706. The standard InChI is InChI=1S/C17H26N2O4/c1-4-7-18-16(21)14(9(2)3)19-15(20)12-10-5-6-11(8-10)13(12)17(22)23/h5-6,9-14H,4,7-8H2,1-3H3,(H,18,21)(H,19,20)(H,22,23). The molecule has 3 N–H and O–H groups in total. The first-order chi connectivity index (χ1) is 10.9. The van der Waals surface area contributed by atoms with Crippen LogP contribution in [0.2, 0.25) is 0 Å². The van der Waals surface area contributed by atoms with Gasteiger partial charge in [0.05, 0.1) is 11.8 Å². The van der Waals surface area contributed by atoms with Crippen LogP contribution < -0.4 is 10.6 Å². The van der Waals surface area contributed by atoms with Gasteiger partial charge in [-0.15, -0.1) is 0 Å². The Hall–Kier alpha value is -1.85. The third-order valence-electron chi connectivity index (χ3n) is 4.84. The normalized spacial score (nSPS) is 29.6. The molecule has 0 saturated heterocycles. The number of hydrogen-bond donors (Lipinski definition) is 3. The van der Waals surface area contributed by atoms with Gasteiger partial charge in [-0.1, -0.05) is 32.9 Å². The lowest BCUT2D eigenvalue weighted by Crippen LogP contribution is -2.53. The van der Waals surface area contributed by atoms with Crippen LogP contribution in [-0.4, -0.2) is 35.5 Å². The second kappa shape index (κ2) is 7.15. The van der Waals surface area contributed by atoms with Crippen molar-refractivity contribution in [1.82, 2.24) is 10.6 Å². The molecule has 6 heteroatoms. The molecule has 0 aromatic rings. The van der Waals surface area contributed by atoms with Crippen molar-refractivity contribution in [1.29, 1.82) is 0 Å². The number of carboxylic acids is 1. The largest absolute Gasteiger partial charge is 0.481 e. The Morgan fingerprint density at radius 1 is 1.17 bits per heavy atom. The minimum atomic E-state index is -0.932. The summed E-state index contributed by atoms with van der Waals surface area (Å²) in [6.45, 7) is 6.26. The summed E-state index contributed by atoms with van der Waals surface area (Å²) in [7, 11) is 0. The fourth-order valence-electron chi connectivity index (χ4n) is 3.66. The minimum Gasteiger partial charge on any atom is -0.481 e. The van der Waals surface area contributed by atoms with Crippen LogP contribution in [0.3, 0.4) is 0 Å². The topological polar surface area (TPSA) is 95.5 Å². The lowest BCUT2D eigenvalue weighted by molar-refractivity contribution is -0.148.